The van der Waals surface area contributed by atoms with Crippen molar-refractivity contribution in [3.8, 4) is 11.5 Å². The van der Waals surface area contributed by atoms with E-state index in [0.29, 0.717) is 5.75 Å². The maximum Gasteiger partial charge on any atom is 0.122 e. The minimum Gasteiger partial charge on any atom is -0.508 e. The molecule has 2 nitrogen and oxygen atoms in total. The van der Waals surface area contributed by atoms with Gasteiger partial charge in [-0.2, -0.15) is 0 Å². The molecule has 2 aromatic carbocycles. The van der Waals surface area contributed by atoms with Crippen molar-refractivity contribution in [3.05, 3.63) is 53.6 Å². The predicted octanol–water partition coefficient (Wildman–Crippen LogP) is 3.66. The molecule has 0 unspecified atom stereocenters. The fraction of sp³-hybridized carbons (Fsp3) is 0.250. The van der Waals surface area contributed by atoms with Crippen LogP contribution in [0.15, 0.2) is 47.4 Å². The lowest BCUT2D eigenvalue weighted by atomic mass is 10.1. The minimum atomic E-state index is 0.333. The van der Waals surface area contributed by atoms with E-state index in [1.54, 1.807) is 23.9 Å². The molecule has 0 spiro atoms. The number of benzene rings is 2. The molecule has 98 valence electrons. The van der Waals surface area contributed by atoms with E-state index in [-0.39, 0.29) is 0 Å². The van der Waals surface area contributed by atoms with Crippen molar-refractivity contribution in [2.45, 2.75) is 17.7 Å². The van der Waals surface area contributed by atoms with Gasteiger partial charge in [0.05, 0.1) is 6.61 Å². The molecule has 0 aliphatic carbocycles. The Labute approximate surface area is 117 Å². The van der Waals surface area contributed by atoms with Crippen molar-refractivity contribution in [1.82, 2.24) is 0 Å². The fourth-order valence-electron chi connectivity index (χ4n) is 2.26. The number of rotatable bonds is 4. The van der Waals surface area contributed by atoms with Gasteiger partial charge in [0.1, 0.15) is 11.5 Å². The van der Waals surface area contributed by atoms with Crippen molar-refractivity contribution in [2.75, 3.05) is 12.4 Å². The Morgan fingerprint density at radius 3 is 3.00 bits per heavy atom. The molecule has 0 saturated heterocycles. The summed E-state index contributed by atoms with van der Waals surface area (Å²) in [5.41, 5.74) is 2.69. The van der Waals surface area contributed by atoms with E-state index in [2.05, 4.69) is 18.2 Å². The van der Waals surface area contributed by atoms with Crippen molar-refractivity contribution >= 4 is 11.8 Å². The van der Waals surface area contributed by atoms with Crippen molar-refractivity contribution in [1.29, 1.82) is 0 Å². The summed E-state index contributed by atoms with van der Waals surface area (Å²) in [5.74, 6) is 2.40. The standard InChI is InChI=1S/C16H16O2S/c17-14-2-1-3-15(11-14)19-9-7-12-4-5-16-13(10-12)6-8-18-16/h1-5,10-11,17H,6-9H2. The van der Waals surface area contributed by atoms with E-state index in [1.807, 2.05) is 12.1 Å². The Balaban J connectivity index is 1.58. The average Bonchev–Trinajstić information content (AvgIpc) is 2.86. The Morgan fingerprint density at radius 1 is 1.16 bits per heavy atom. The van der Waals surface area contributed by atoms with Crippen LogP contribution in [-0.2, 0) is 12.8 Å². The molecule has 1 aliphatic heterocycles. The summed E-state index contributed by atoms with van der Waals surface area (Å²) in [6, 6.07) is 13.9. The Bertz CT molecular complexity index is 581. The van der Waals surface area contributed by atoms with Gasteiger partial charge in [-0.15, -0.1) is 11.8 Å². The zero-order chi connectivity index (χ0) is 13.1. The summed E-state index contributed by atoms with van der Waals surface area (Å²) in [5, 5.41) is 9.41. The molecule has 1 heterocycles. The number of phenols is 1. The zero-order valence-electron chi connectivity index (χ0n) is 10.6. The Morgan fingerprint density at radius 2 is 2.11 bits per heavy atom. The van der Waals surface area contributed by atoms with E-state index < -0.39 is 0 Å². The first-order valence-corrected chi connectivity index (χ1v) is 7.46. The molecule has 2 aromatic rings. The second-order valence-corrected chi connectivity index (χ2v) is 5.80. The van der Waals surface area contributed by atoms with Crippen LogP contribution in [0.2, 0.25) is 0 Å². The normalized spacial score (nSPS) is 13.1. The van der Waals surface area contributed by atoms with E-state index in [4.69, 9.17) is 4.74 Å². The highest BCUT2D eigenvalue weighted by Crippen LogP contribution is 2.27. The van der Waals surface area contributed by atoms with Gasteiger partial charge in [-0.1, -0.05) is 18.2 Å². The van der Waals surface area contributed by atoms with E-state index in [1.165, 1.54) is 11.1 Å². The van der Waals surface area contributed by atoms with Crippen LogP contribution in [0.3, 0.4) is 0 Å². The lowest BCUT2D eigenvalue weighted by molar-refractivity contribution is 0.357. The molecule has 0 aromatic heterocycles. The number of thioether (sulfide) groups is 1. The topological polar surface area (TPSA) is 29.5 Å². The number of fused-ring (bicyclic) bond motifs is 1. The largest absolute Gasteiger partial charge is 0.508 e. The lowest BCUT2D eigenvalue weighted by Gasteiger charge is -2.05. The van der Waals surface area contributed by atoms with E-state index >= 15 is 0 Å². The third-order valence-electron chi connectivity index (χ3n) is 3.23. The Hall–Kier alpha value is -1.61. The molecule has 1 N–H and O–H groups in total. The molecule has 1 aliphatic rings. The molecule has 3 heteroatoms. The van der Waals surface area contributed by atoms with Crippen LogP contribution in [0.4, 0.5) is 0 Å². The van der Waals surface area contributed by atoms with Gasteiger partial charge in [0.2, 0.25) is 0 Å². The van der Waals surface area contributed by atoms with Crippen LogP contribution in [-0.4, -0.2) is 17.5 Å². The van der Waals surface area contributed by atoms with Gasteiger partial charge in [-0.05, 0) is 41.8 Å². The first kappa shape index (κ1) is 12.4. The molecule has 19 heavy (non-hydrogen) atoms. The zero-order valence-corrected chi connectivity index (χ0v) is 11.5. The molecule has 0 bridgehead atoms. The number of phenolic OH excluding ortho intramolecular Hbond substituents is 1. The molecular formula is C16H16O2S. The molecule has 0 fully saturated rings. The maximum absolute atomic E-state index is 9.41. The number of hydrogen-bond donors (Lipinski definition) is 1. The molecule has 0 atom stereocenters. The number of aromatic hydroxyl groups is 1. The van der Waals surface area contributed by atoms with Gasteiger partial charge in [0.25, 0.3) is 0 Å². The molecule has 0 amide bonds. The van der Waals surface area contributed by atoms with E-state index in [9.17, 15) is 5.11 Å². The molecule has 3 rings (SSSR count). The summed E-state index contributed by atoms with van der Waals surface area (Å²) in [6.07, 6.45) is 2.07. The van der Waals surface area contributed by atoms with Crippen LogP contribution >= 0.6 is 11.8 Å². The Kier molecular flexibility index (Phi) is 3.65. The highest BCUT2D eigenvalue weighted by atomic mass is 32.2. The van der Waals surface area contributed by atoms with Crippen molar-refractivity contribution in [2.24, 2.45) is 0 Å². The number of ether oxygens (including phenoxy) is 1. The number of hydrogen-bond acceptors (Lipinski definition) is 3. The SMILES string of the molecule is Oc1cccc(SCCc2ccc3c(c2)CCO3)c1. The smallest absolute Gasteiger partial charge is 0.122 e. The van der Waals surface area contributed by atoms with E-state index in [0.717, 1.165) is 35.8 Å². The fourth-order valence-corrected chi connectivity index (χ4v) is 3.21. The summed E-state index contributed by atoms with van der Waals surface area (Å²) < 4.78 is 5.51. The van der Waals surface area contributed by atoms with Crippen LogP contribution in [0.5, 0.6) is 11.5 Å². The number of aryl methyl sites for hydroxylation is 1. The molecular weight excluding hydrogens is 256 g/mol. The van der Waals surface area contributed by atoms with Crippen LogP contribution in [0.25, 0.3) is 0 Å². The van der Waals surface area contributed by atoms with Crippen molar-refractivity contribution in [3.63, 3.8) is 0 Å². The summed E-state index contributed by atoms with van der Waals surface area (Å²) >= 11 is 1.77. The van der Waals surface area contributed by atoms with Gasteiger partial charge in [0, 0.05) is 17.1 Å². The van der Waals surface area contributed by atoms with Gasteiger partial charge in [0.15, 0.2) is 0 Å². The molecule has 0 radical (unpaired) electrons. The highest BCUT2D eigenvalue weighted by molar-refractivity contribution is 7.99. The first-order chi connectivity index (χ1) is 9.31. The third-order valence-corrected chi connectivity index (χ3v) is 4.23. The second kappa shape index (κ2) is 5.57. The van der Waals surface area contributed by atoms with Crippen LogP contribution in [0.1, 0.15) is 11.1 Å². The quantitative estimate of drug-likeness (QED) is 0.861. The molecule has 0 saturated carbocycles. The van der Waals surface area contributed by atoms with Gasteiger partial charge in [-0.3, -0.25) is 0 Å². The maximum atomic E-state index is 9.41. The van der Waals surface area contributed by atoms with Gasteiger partial charge < -0.3 is 9.84 Å². The van der Waals surface area contributed by atoms with Crippen molar-refractivity contribution < 1.29 is 9.84 Å². The third kappa shape index (κ3) is 3.04. The monoisotopic (exact) mass is 272 g/mol. The lowest BCUT2D eigenvalue weighted by Crippen LogP contribution is -1.90. The summed E-state index contributed by atoms with van der Waals surface area (Å²) in [6.45, 7) is 0.816. The van der Waals surface area contributed by atoms with Crippen LogP contribution in [0, 0.1) is 0 Å². The van der Waals surface area contributed by atoms with Crippen LogP contribution < -0.4 is 4.74 Å². The highest BCUT2D eigenvalue weighted by Gasteiger charge is 2.11. The predicted molar refractivity (Wildman–Crippen MR) is 78.2 cm³/mol. The first-order valence-electron chi connectivity index (χ1n) is 6.48. The second-order valence-electron chi connectivity index (χ2n) is 4.64. The average molecular weight is 272 g/mol. The summed E-state index contributed by atoms with van der Waals surface area (Å²) in [4.78, 5) is 1.12. The van der Waals surface area contributed by atoms with Gasteiger partial charge in [-0.25, -0.2) is 0 Å². The minimum absolute atomic E-state index is 0.333. The summed E-state index contributed by atoms with van der Waals surface area (Å²) in [7, 11) is 0. The van der Waals surface area contributed by atoms with Gasteiger partial charge >= 0.3 is 0 Å².